The van der Waals surface area contributed by atoms with Gasteiger partial charge in [0.15, 0.2) is 9.84 Å². The molecule has 166 valence electrons. The van der Waals surface area contributed by atoms with Crippen molar-refractivity contribution in [2.45, 2.75) is 48.2 Å². The summed E-state index contributed by atoms with van der Waals surface area (Å²) in [6.45, 7) is 1.06. The fourth-order valence-corrected chi connectivity index (χ4v) is 5.86. The monoisotopic (exact) mass is 441 g/mol. The summed E-state index contributed by atoms with van der Waals surface area (Å²) >= 11 is 0. The molecule has 6 nitrogen and oxygen atoms in total. The number of hydrogen-bond donors (Lipinski definition) is 1. The third-order valence-corrected chi connectivity index (χ3v) is 8.16. The van der Waals surface area contributed by atoms with Gasteiger partial charge in [0.05, 0.1) is 10.4 Å². The largest absolute Gasteiger partial charge is 0.331 e. The third kappa shape index (κ3) is 4.21. The Balaban J connectivity index is 1.49. The van der Waals surface area contributed by atoms with E-state index in [0.29, 0.717) is 13.1 Å². The SMILES string of the molecule is CN(C)[C@]1(c2ccccc2)CC[C@]2(CC1)CN(Cc1cccc(S(C)(=O)=O)c1)C(=O)N2. The molecule has 4 rings (SSSR count). The second-order valence-electron chi connectivity index (χ2n) is 9.28. The first-order valence-corrected chi connectivity index (χ1v) is 12.6. The Bertz CT molecular complexity index is 1060. The van der Waals surface area contributed by atoms with Gasteiger partial charge < -0.3 is 10.2 Å². The molecular weight excluding hydrogens is 410 g/mol. The molecule has 0 atom stereocenters. The van der Waals surface area contributed by atoms with Gasteiger partial charge >= 0.3 is 6.03 Å². The van der Waals surface area contributed by atoms with Gasteiger partial charge in [-0.3, -0.25) is 4.90 Å². The van der Waals surface area contributed by atoms with Crippen molar-refractivity contribution in [2.24, 2.45) is 0 Å². The molecule has 2 aromatic rings. The van der Waals surface area contributed by atoms with E-state index in [4.69, 9.17) is 0 Å². The fraction of sp³-hybridized carbons (Fsp3) is 0.458. The molecule has 0 bridgehead atoms. The Kier molecular flexibility index (Phi) is 5.60. The first kappa shape index (κ1) is 21.8. The number of urea groups is 1. The molecule has 7 heteroatoms. The van der Waals surface area contributed by atoms with Crippen LogP contribution in [0.2, 0.25) is 0 Å². The molecule has 0 radical (unpaired) electrons. The van der Waals surface area contributed by atoms with E-state index in [0.717, 1.165) is 31.2 Å². The number of benzene rings is 2. The number of sulfone groups is 1. The van der Waals surface area contributed by atoms with E-state index in [-0.39, 0.29) is 22.0 Å². The van der Waals surface area contributed by atoms with E-state index < -0.39 is 9.84 Å². The molecule has 1 aliphatic heterocycles. The maximum absolute atomic E-state index is 12.8. The summed E-state index contributed by atoms with van der Waals surface area (Å²) in [6, 6.07) is 17.4. The summed E-state index contributed by atoms with van der Waals surface area (Å²) in [5.74, 6) is 0. The van der Waals surface area contributed by atoms with E-state index in [9.17, 15) is 13.2 Å². The zero-order valence-electron chi connectivity index (χ0n) is 18.5. The first-order chi connectivity index (χ1) is 14.6. The van der Waals surface area contributed by atoms with E-state index in [1.165, 1.54) is 11.8 Å². The van der Waals surface area contributed by atoms with Crippen molar-refractivity contribution < 1.29 is 13.2 Å². The average molecular weight is 442 g/mol. The molecule has 1 saturated heterocycles. The Labute approximate surface area is 185 Å². The minimum atomic E-state index is -3.27. The minimum Gasteiger partial charge on any atom is -0.331 e. The van der Waals surface area contributed by atoms with Crippen molar-refractivity contribution in [1.82, 2.24) is 15.1 Å². The molecule has 1 spiro atoms. The van der Waals surface area contributed by atoms with Crippen molar-refractivity contribution in [3.63, 3.8) is 0 Å². The van der Waals surface area contributed by atoms with Crippen molar-refractivity contribution in [1.29, 1.82) is 0 Å². The first-order valence-electron chi connectivity index (χ1n) is 10.7. The maximum Gasteiger partial charge on any atom is 0.318 e. The molecule has 2 amide bonds. The molecule has 1 saturated carbocycles. The lowest BCUT2D eigenvalue weighted by atomic mass is 9.69. The van der Waals surface area contributed by atoms with Crippen LogP contribution < -0.4 is 5.32 Å². The van der Waals surface area contributed by atoms with Crippen LogP contribution in [0.1, 0.15) is 36.8 Å². The molecule has 0 aromatic heterocycles. The van der Waals surface area contributed by atoms with Crippen LogP contribution >= 0.6 is 0 Å². The quantitative estimate of drug-likeness (QED) is 0.772. The Hall–Kier alpha value is -2.38. The van der Waals surface area contributed by atoms with Crippen LogP contribution in [0.3, 0.4) is 0 Å². The summed E-state index contributed by atoms with van der Waals surface area (Å²) < 4.78 is 23.7. The Morgan fingerprint density at radius 2 is 1.68 bits per heavy atom. The van der Waals surface area contributed by atoms with Gasteiger partial charge in [-0.1, -0.05) is 42.5 Å². The Morgan fingerprint density at radius 3 is 2.29 bits per heavy atom. The van der Waals surface area contributed by atoms with Crippen molar-refractivity contribution in [2.75, 3.05) is 26.9 Å². The van der Waals surface area contributed by atoms with Crippen LogP contribution in [-0.4, -0.2) is 56.7 Å². The van der Waals surface area contributed by atoms with E-state index in [2.05, 4.69) is 48.6 Å². The number of nitrogens with one attached hydrogen (secondary N) is 1. The standard InChI is InChI=1S/C24H31N3O3S/c1-26(2)24(20-9-5-4-6-10-20)14-12-23(13-15-24)18-27(22(28)25-23)17-19-8-7-11-21(16-19)31(3,29)30/h4-11,16H,12-15,17-18H2,1-3H3,(H,25,28)/t23-,24+. The van der Waals surface area contributed by atoms with E-state index in [1.54, 1.807) is 18.2 Å². The van der Waals surface area contributed by atoms with Gasteiger partial charge in [-0.05, 0) is 63.0 Å². The molecule has 0 unspecified atom stereocenters. The van der Waals surface area contributed by atoms with Gasteiger partial charge in [0.25, 0.3) is 0 Å². The van der Waals surface area contributed by atoms with E-state index in [1.807, 2.05) is 17.0 Å². The lowest BCUT2D eigenvalue weighted by Crippen LogP contribution is -2.54. The van der Waals surface area contributed by atoms with Gasteiger partial charge in [-0.15, -0.1) is 0 Å². The van der Waals surface area contributed by atoms with Gasteiger partial charge in [0.1, 0.15) is 0 Å². The number of rotatable bonds is 5. The van der Waals surface area contributed by atoms with Crippen molar-refractivity contribution in [3.05, 3.63) is 65.7 Å². The summed E-state index contributed by atoms with van der Waals surface area (Å²) in [7, 11) is 1.01. The number of carbonyl (C=O) groups is 1. The normalized spacial score (nSPS) is 26.5. The van der Waals surface area contributed by atoms with Gasteiger partial charge in [0.2, 0.25) is 0 Å². The summed E-state index contributed by atoms with van der Waals surface area (Å²) in [4.78, 5) is 17.2. The predicted molar refractivity (Wildman–Crippen MR) is 121 cm³/mol. The topological polar surface area (TPSA) is 69.7 Å². The van der Waals surface area contributed by atoms with Crippen LogP contribution in [0.4, 0.5) is 4.79 Å². The second kappa shape index (κ2) is 7.95. The van der Waals surface area contributed by atoms with Gasteiger partial charge in [-0.2, -0.15) is 0 Å². The highest BCUT2D eigenvalue weighted by Gasteiger charge is 2.49. The second-order valence-corrected chi connectivity index (χ2v) is 11.3. The zero-order valence-corrected chi connectivity index (χ0v) is 19.3. The van der Waals surface area contributed by atoms with Crippen LogP contribution in [0.15, 0.2) is 59.5 Å². The number of hydrogen-bond acceptors (Lipinski definition) is 4. The molecule has 2 fully saturated rings. The number of amides is 2. The maximum atomic E-state index is 12.8. The number of carbonyl (C=O) groups excluding carboxylic acids is 1. The summed E-state index contributed by atoms with van der Waals surface area (Å²) in [5, 5.41) is 3.26. The lowest BCUT2D eigenvalue weighted by Gasteiger charge is -2.48. The molecule has 31 heavy (non-hydrogen) atoms. The van der Waals surface area contributed by atoms with Gasteiger partial charge in [0, 0.05) is 24.9 Å². The molecule has 2 aromatic carbocycles. The highest BCUT2D eigenvalue weighted by Crippen LogP contribution is 2.46. The average Bonchev–Trinajstić information content (AvgIpc) is 3.03. The molecule has 2 aliphatic rings. The van der Waals surface area contributed by atoms with Crippen molar-refractivity contribution in [3.8, 4) is 0 Å². The van der Waals surface area contributed by atoms with Gasteiger partial charge in [-0.25, -0.2) is 13.2 Å². The van der Waals surface area contributed by atoms with E-state index >= 15 is 0 Å². The predicted octanol–water partition coefficient (Wildman–Crippen LogP) is 3.39. The molecule has 1 aliphatic carbocycles. The van der Waals surface area contributed by atoms with Crippen LogP contribution in [0.25, 0.3) is 0 Å². The van der Waals surface area contributed by atoms with Crippen molar-refractivity contribution >= 4 is 15.9 Å². The third-order valence-electron chi connectivity index (χ3n) is 7.05. The Morgan fingerprint density at radius 1 is 1.00 bits per heavy atom. The minimum absolute atomic E-state index is 0.0194. The van der Waals surface area contributed by atoms with Crippen LogP contribution in [0.5, 0.6) is 0 Å². The zero-order chi connectivity index (χ0) is 22.3. The smallest absolute Gasteiger partial charge is 0.318 e. The highest BCUT2D eigenvalue weighted by atomic mass is 32.2. The molecular formula is C24H31N3O3S. The van der Waals surface area contributed by atoms with Crippen LogP contribution in [0, 0.1) is 0 Å². The summed E-state index contributed by atoms with van der Waals surface area (Å²) in [6.07, 6.45) is 4.97. The lowest BCUT2D eigenvalue weighted by molar-refractivity contribution is 0.0617. The molecule has 1 N–H and O–H groups in total. The fourth-order valence-electron chi connectivity index (χ4n) is 5.17. The highest BCUT2D eigenvalue weighted by molar-refractivity contribution is 7.90. The molecule has 1 heterocycles. The number of nitrogens with zero attached hydrogens (tertiary/aromatic N) is 2. The van der Waals surface area contributed by atoms with Crippen LogP contribution in [-0.2, 0) is 21.9 Å². The summed E-state index contributed by atoms with van der Waals surface area (Å²) in [5.41, 5.74) is 1.92.